The molecule has 2 unspecified atom stereocenters. The zero-order valence-corrected chi connectivity index (χ0v) is 49.0. The summed E-state index contributed by atoms with van der Waals surface area (Å²) in [4.78, 5) is 37.2. The van der Waals surface area contributed by atoms with E-state index in [1.807, 2.05) is 33.3 Å². The van der Waals surface area contributed by atoms with Crippen LogP contribution in [0.4, 0.5) is 0 Å². The van der Waals surface area contributed by atoms with Crippen molar-refractivity contribution < 1.29 is 42.9 Å². The van der Waals surface area contributed by atoms with E-state index in [4.69, 9.17) is 18.9 Å². The van der Waals surface area contributed by atoms with Crippen molar-refractivity contribution in [2.75, 3.05) is 47.5 Å². The minimum atomic E-state index is -1.65. The van der Waals surface area contributed by atoms with Crippen molar-refractivity contribution in [3.63, 3.8) is 0 Å². The van der Waals surface area contributed by atoms with Crippen molar-refractivity contribution in [1.29, 1.82) is 0 Å². The molecule has 0 rings (SSSR count). The highest BCUT2D eigenvalue weighted by molar-refractivity contribution is 5.71. The van der Waals surface area contributed by atoms with E-state index in [9.17, 15) is 19.5 Å². The van der Waals surface area contributed by atoms with Crippen LogP contribution in [-0.2, 0) is 33.3 Å². The van der Waals surface area contributed by atoms with Crippen molar-refractivity contribution in [2.45, 2.75) is 289 Å². The second-order valence-electron chi connectivity index (χ2n) is 22.0. The molecule has 9 heteroatoms. The second kappa shape index (κ2) is 56.2. The fourth-order valence-corrected chi connectivity index (χ4v) is 8.85. The number of likely N-dealkylation sites (N-methyl/N-ethyl adjacent to an activating group) is 1. The number of quaternary nitrogens is 1. The SMILES string of the molecule is CC/C=C\C/C=C\C/C=C\C/C=C\C/C=C\CC(=O)OC(COC(=O)CCCCCCCCCCCCCCCCCCCCCCCCCCCCCCCCCCCC)COC(OCC[N+](C)(C)C)C(=O)[O-]. The highest BCUT2D eigenvalue weighted by atomic mass is 16.7. The Labute approximate surface area is 456 Å². The first kappa shape index (κ1) is 71.0. The molecule has 0 spiro atoms. The van der Waals surface area contributed by atoms with Crippen LogP contribution in [0.15, 0.2) is 60.8 Å². The maximum atomic E-state index is 12.8. The van der Waals surface area contributed by atoms with Crippen LogP contribution in [0.25, 0.3) is 0 Å². The number of carboxylic acids is 1. The molecule has 430 valence electrons. The van der Waals surface area contributed by atoms with E-state index in [1.165, 1.54) is 199 Å². The second-order valence-corrected chi connectivity index (χ2v) is 22.0. The Hall–Kier alpha value is -3.01. The Bertz CT molecular complexity index is 1400. The van der Waals surface area contributed by atoms with E-state index < -0.39 is 24.3 Å². The van der Waals surface area contributed by atoms with Crippen LogP contribution in [0.5, 0.6) is 0 Å². The molecule has 0 radical (unpaired) electrons. The number of allylic oxidation sites excluding steroid dienone is 9. The fraction of sp³-hybridized carbons (Fsp3) is 0.800. The summed E-state index contributed by atoms with van der Waals surface area (Å²) in [5.41, 5.74) is 0. The Morgan fingerprint density at radius 1 is 0.419 bits per heavy atom. The van der Waals surface area contributed by atoms with Crippen molar-refractivity contribution in [3.05, 3.63) is 60.8 Å². The van der Waals surface area contributed by atoms with Gasteiger partial charge in [-0.15, -0.1) is 0 Å². The smallest absolute Gasteiger partial charge is 0.310 e. The third-order valence-electron chi connectivity index (χ3n) is 13.6. The van der Waals surface area contributed by atoms with E-state index in [0.29, 0.717) is 17.4 Å². The Kier molecular flexibility index (Phi) is 53.9. The number of hydrogen-bond donors (Lipinski definition) is 0. The van der Waals surface area contributed by atoms with E-state index in [-0.39, 0.29) is 38.6 Å². The summed E-state index contributed by atoms with van der Waals surface area (Å²) in [5.74, 6) is -2.44. The van der Waals surface area contributed by atoms with Crippen LogP contribution in [0.1, 0.15) is 277 Å². The van der Waals surface area contributed by atoms with Gasteiger partial charge in [0.05, 0.1) is 46.7 Å². The third-order valence-corrected chi connectivity index (χ3v) is 13.6. The van der Waals surface area contributed by atoms with Crippen molar-refractivity contribution in [1.82, 2.24) is 0 Å². The predicted octanol–water partition coefficient (Wildman–Crippen LogP) is 17.1. The monoisotopic (exact) mass is 1040 g/mol. The molecule has 0 aliphatic heterocycles. The normalized spacial score (nSPS) is 13.1. The van der Waals surface area contributed by atoms with E-state index in [1.54, 1.807) is 6.08 Å². The maximum Gasteiger partial charge on any atom is 0.310 e. The molecule has 0 amide bonds. The van der Waals surface area contributed by atoms with Crippen molar-refractivity contribution in [2.24, 2.45) is 0 Å². The first-order valence-electron chi connectivity index (χ1n) is 30.9. The van der Waals surface area contributed by atoms with Gasteiger partial charge in [0.2, 0.25) is 0 Å². The number of unbranched alkanes of at least 4 members (excludes halogenated alkanes) is 33. The van der Waals surface area contributed by atoms with Gasteiger partial charge in [0.25, 0.3) is 0 Å². The lowest BCUT2D eigenvalue weighted by Crippen LogP contribution is -2.44. The summed E-state index contributed by atoms with van der Waals surface area (Å²) in [5, 5.41) is 11.7. The van der Waals surface area contributed by atoms with Crippen LogP contribution < -0.4 is 5.11 Å². The summed E-state index contributed by atoms with van der Waals surface area (Å²) in [6.07, 6.45) is 69.2. The van der Waals surface area contributed by atoms with Gasteiger partial charge in [-0.05, 0) is 38.5 Å². The van der Waals surface area contributed by atoms with E-state index >= 15 is 0 Å². The number of hydrogen-bond acceptors (Lipinski definition) is 8. The molecule has 74 heavy (non-hydrogen) atoms. The number of aliphatic carboxylic acids is 1. The largest absolute Gasteiger partial charge is 0.545 e. The molecule has 0 saturated carbocycles. The van der Waals surface area contributed by atoms with E-state index in [2.05, 4.69) is 56.4 Å². The van der Waals surface area contributed by atoms with Crippen molar-refractivity contribution >= 4 is 17.9 Å². The highest BCUT2D eigenvalue weighted by Crippen LogP contribution is 2.18. The Morgan fingerprint density at radius 2 is 0.757 bits per heavy atom. The average Bonchev–Trinajstić information content (AvgIpc) is 3.37. The fourth-order valence-electron chi connectivity index (χ4n) is 8.85. The van der Waals surface area contributed by atoms with Gasteiger partial charge < -0.3 is 33.3 Å². The minimum Gasteiger partial charge on any atom is -0.545 e. The summed E-state index contributed by atoms with van der Waals surface area (Å²) in [6, 6.07) is 0. The maximum absolute atomic E-state index is 12.8. The number of carbonyl (C=O) groups is 3. The van der Waals surface area contributed by atoms with Gasteiger partial charge in [-0.3, -0.25) is 9.59 Å². The molecular formula is C65H117NO8. The van der Waals surface area contributed by atoms with Crippen molar-refractivity contribution in [3.8, 4) is 0 Å². The average molecular weight is 1040 g/mol. The molecule has 0 aliphatic rings. The van der Waals surface area contributed by atoms with Gasteiger partial charge >= 0.3 is 11.9 Å². The number of rotatable bonds is 57. The number of ether oxygens (including phenoxy) is 4. The summed E-state index contributed by atoms with van der Waals surface area (Å²) < 4.78 is 22.5. The lowest BCUT2D eigenvalue weighted by Gasteiger charge is -2.26. The molecule has 0 bridgehead atoms. The molecule has 0 saturated heterocycles. The first-order valence-corrected chi connectivity index (χ1v) is 30.9. The topological polar surface area (TPSA) is 111 Å². The van der Waals surface area contributed by atoms with Crippen LogP contribution in [0.3, 0.4) is 0 Å². The van der Waals surface area contributed by atoms with Crippen LogP contribution >= 0.6 is 0 Å². The van der Waals surface area contributed by atoms with Gasteiger partial charge in [-0.1, -0.05) is 286 Å². The van der Waals surface area contributed by atoms with Gasteiger partial charge in [-0.25, -0.2) is 0 Å². The lowest BCUT2D eigenvalue weighted by molar-refractivity contribution is -0.870. The summed E-state index contributed by atoms with van der Waals surface area (Å²) in [7, 11) is 5.89. The molecular weight excluding hydrogens is 923 g/mol. The Morgan fingerprint density at radius 3 is 1.09 bits per heavy atom. The molecule has 0 aromatic rings. The molecule has 0 aromatic heterocycles. The first-order chi connectivity index (χ1) is 36.1. The van der Waals surface area contributed by atoms with Crippen LogP contribution in [-0.4, -0.2) is 82.3 Å². The van der Waals surface area contributed by atoms with Gasteiger partial charge in [0.15, 0.2) is 12.4 Å². The Balaban J connectivity index is 4.05. The van der Waals surface area contributed by atoms with Crippen LogP contribution in [0, 0.1) is 0 Å². The molecule has 0 fully saturated rings. The number of esters is 2. The van der Waals surface area contributed by atoms with E-state index in [0.717, 1.165) is 44.9 Å². The quantitative estimate of drug-likeness (QED) is 0.0195. The zero-order chi connectivity index (χ0) is 54.1. The third kappa shape index (κ3) is 56.7. The predicted molar refractivity (Wildman–Crippen MR) is 311 cm³/mol. The molecule has 0 heterocycles. The van der Waals surface area contributed by atoms with Gasteiger partial charge in [0.1, 0.15) is 13.2 Å². The molecule has 0 aliphatic carbocycles. The number of carboxylic acid groups (broad SMARTS) is 1. The number of nitrogens with zero attached hydrogens (tertiary/aromatic N) is 1. The molecule has 9 nitrogen and oxygen atoms in total. The summed E-state index contributed by atoms with van der Waals surface area (Å²) in [6.45, 7) is 4.54. The number of carbonyl (C=O) groups excluding carboxylic acids is 3. The molecule has 0 aromatic carbocycles. The standard InChI is InChI=1S/C65H117NO8/c1-6-8-10-12-14-16-18-20-22-23-24-25-26-27-28-29-30-31-32-33-34-35-36-37-38-39-40-42-43-45-47-49-51-53-55-62(67)72-59-61(60-73-65(64(69)70)71-58-57-66(3,4)5)74-63(68)56-54-52-50-48-46-44-41-21-19-17-15-13-11-9-7-2/h9,11,15,17,21,41,46,48,52,54,61,65H,6-8,10,12-14,16,18-20,22-40,42-45,47,49-51,53,55-60H2,1-5H3/b11-9-,17-15-,41-21-,48-46-,54-52-. The minimum absolute atomic E-state index is 0.0155. The zero-order valence-electron chi connectivity index (χ0n) is 49.0. The molecule has 0 N–H and O–H groups in total. The van der Waals surface area contributed by atoms with Gasteiger partial charge in [-0.2, -0.15) is 0 Å². The van der Waals surface area contributed by atoms with Gasteiger partial charge in [0, 0.05) is 6.42 Å². The summed E-state index contributed by atoms with van der Waals surface area (Å²) >= 11 is 0. The highest BCUT2D eigenvalue weighted by Gasteiger charge is 2.21. The van der Waals surface area contributed by atoms with Crippen LogP contribution in [0.2, 0.25) is 0 Å². The lowest BCUT2D eigenvalue weighted by atomic mass is 10.0. The molecule has 2 atom stereocenters.